The molecule has 2 unspecified atom stereocenters. The van der Waals surface area contributed by atoms with E-state index >= 15 is 0 Å². The lowest BCUT2D eigenvalue weighted by Crippen LogP contribution is -2.45. The van der Waals surface area contributed by atoms with Gasteiger partial charge >= 0.3 is 5.97 Å². The van der Waals surface area contributed by atoms with E-state index in [2.05, 4.69) is 31.3 Å². The fourth-order valence-corrected chi connectivity index (χ4v) is 9.34. The molecule has 0 saturated heterocycles. The predicted molar refractivity (Wildman–Crippen MR) is 292 cm³/mol. The minimum absolute atomic E-state index is 0.0220. The number of hydrogen-bond acceptors (Lipinski definition) is 5. The van der Waals surface area contributed by atoms with Gasteiger partial charge in [-0.25, -0.2) is 0 Å². The number of ether oxygens (including phenoxy) is 1. The van der Waals surface area contributed by atoms with E-state index in [1.807, 2.05) is 6.08 Å². The Morgan fingerprint density at radius 2 is 0.701 bits per heavy atom. The molecule has 67 heavy (non-hydrogen) atoms. The zero-order chi connectivity index (χ0) is 48.6. The molecule has 0 fully saturated rings. The molecule has 0 aromatic rings. The van der Waals surface area contributed by atoms with Crippen molar-refractivity contribution in [3.8, 4) is 0 Å². The number of allylic oxidation sites excluding steroid dienone is 3. The maximum absolute atomic E-state index is 12.5. The van der Waals surface area contributed by atoms with Gasteiger partial charge in [-0.15, -0.1) is 0 Å². The van der Waals surface area contributed by atoms with E-state index in [4.69, 9.17) is 4.74 Å². The first-order chi connectivity index (χ1) is 33.0. The van der Waals surface area contributed by atoms with Crippen LogP contribution >= 0.6 is 0 Å². The number of amides is 1. The fourth-order valence-electron chi connectivity index (χ4n) is 9.34. The van der Waals surface area contributed by atoms with Crippen LogP contribution in [-0.4, -0.2) is 47.4 Å². The second-order valence-electron chi connectivity index (χ2n) is 20.7. The highest BCUT2D eigenvalue weighted by Crippen LogP contribution is 2.17. The highest BCUT2D eigenvalue weighted by molar-refractivity contribution is 5.76. The van der Waals surface area contributed by atoms with Crippen LogP contribution < -0.4 is 5.32 Å². The van der Waals surface area contributed by atoms with Crippen molar-refractivity contribution in [2.24, 2.45) is 0 Å². The van der Waals surface area contributed by atoms with E-state index in [-0.39, 0.29) is 18.5 Å². The average molecular weight is 945 g/mol. The zero-order valence-electron chi connectivity index (χ0n) is 45.1. The number of carbonyl (C=O) groups excluding carboxylic acids is 2. The monoisotopic (exact) mass is 944 g/mol. The smallest absolute Gasteiger partial charge is 0.305 e. The lowest BCUT2D eigenvalue weighted by atomic mass is 10.0. The number of aliphatic hydroxyl groups is 2. The van der Waals surface area contributed by atoms with Gasteiger partial charge in [0.05, 0.1) is 25.4 Å². The first-order valence-electron chi connectivity index (χ1n) is 30.1. The predicted octanol–water partition coefficient (Wildman–Crippen LogP) is 18.6. The molecule has 3 N–H and O–H groups in total. The van der Waals surface area contributed by atoms with Gasteiger partial charge in [0.15, 0.2) is 0 Å². The first-order valence-corrected chi connectivity index (χ1v) is 30.1. The normalized spacial score (nSPS) is 12.7. The standard InChI is InChI=1S/C61H117NO5/c1-3-5-7-9-11-13-15-17-19-21-22-23-24-25-26-27-28-30-33-37-41-45-49-53-59(64)58(57-63)62-60(65)54-50-46-42-38-34-32-36-40-44-48-52-56-67-61(66)55-51-47-43-39-35-31-29-20-18-16-14-12-10-8-6-4-2/h20,29,49,53,58-59,63-64H,3-19,21-28,30-48,50-52,54-57H2,1-2H3,(H,62,65)/b29-20-,53-49+. The summed E-state index contributed by atoms with van der Waals surface area (Å²) in [5.41, 5.74) is 0. The van der Waals surface area contributed by atoms with Crippen molar-refractivity contribution in [1.29, 1.82) is 0 Å². The Kier molecular flexibility index (Phi) is 55.5. The summed E-state index contributed by atoms with van der Waals surface area (Å²) in [6.07, 6.45) is 69.2. The van der Waals surface area contributed by atoms with Crippen molar-refractivity contribution >= 4 is 11.9 Å². The number of aliphatic hydroxyl groups excluding tert-OH is 2. The van der Waals surface area contributed by atoms with Crippen molar-refractivity contribution in [1.82, 2.24) is 5.32 Å². The van der Waals surface area contributed by atoms with Crippen molar-refractivity contribution in [2.45, 2.75) is 341 Å². The maximum Gasteiger partial charge on any atom is 0.305 e. The molecule has 0 aliphatic rings. The third-order valence-electron chi connectivity index (χ3n) is 14.0. The van der Waals surface area contributed by atoms with E-state index in [1.165, 1.54) is 244 Å². The maximum atomic E-state index is 12.5. The molecule has 0 radical (unpaired) electrons. The topological polar surface area (TPSA) is 95.9 Å². The van der Waals surface area contributed by atoms with Crippen LogP contribution in [0.4, 0.5) is 0 Å². The van der Waals surface area contributed by atoms with Crippen molar-refractivity contribution in [3.63, 3.8) is 0 Å². The van der Waals surface area contributed by atoms with Crippen LogP contribution in [-0.2, 0) is 14.3 Å². The van der Waals surface area contributed by atoms with E-state index in [0.717, 1.165) is 57.8 Å². The minimum Gasteiger partial charge on any atom is -0.466 e. The second-order valence-corrected chi connectivity index (χ2v) is 20.7. The SMILES string of the molecule is CCCCCCCCC/C=C\CCCCCCCC(=O)OCCCCCCCCCCCCCC(=O)NC(CO)C(O)/C=C/CCCCCCCCCCCCCCCCCCCCCCC. The molecular formula is C61H117NO5. The van der Waals surface area contributed by atoms with Crippen LogP contribution in [0.25, 0.3) is 0 Å². The molecular weight excluding hydrogens is 827 g/mol. The van der Waals surface area contributed by atoms with Crippen LogP contribution in [0.15, 0.2) is 24.3 Å². The molecule has 2 atom stereocenters. The Bertz CT molecular complexity index is 1040. The van der Waals surface area contributed by atoms with Gasteiger partial charge in [-0.1, -0.05) is 282 Å². The van der Waals surface area contributed by atoms with Gasteiger partial charge in [0.25, 0.3) is 0 Å². The second kappa shape index (κ2) is 56.9. The Balaban J connectivity index is 3.49. The molecule has 0 bridgehead atoms. The van der Waals surface area contributed by atoms with Crippen molar-refractivity contribution < 1.29 is 24.5 Å². The summed E-state index contributed by atoms with van der Waals surface area (Å²) < 4.78 is 5.47. The average Bonchev–Trinajstić information content (AvgIpc) is 3.33. The van der Waals surface area contributed by atoms with Gasteiger partial charge in [-0.05, 0) is 57.8 Å². The number of unbranched alkanes of at least 4 members (excludes halogenated alkanes) is 43. The molecule has 6 nitrogen and oxygen atoms in total. The van der Waals surface area contributed by atoms with Crippen LogP contribution in [0.2, 0.25) is 0 Å². The Morgan fingerprint density at radius 1 is 0.403 bits per heavy atom. The van der Waals surface area contributed by atoms with Crippen LogP contribution in [0.3, 0.4) is 0 Å². The number of esters is 1. The number of rotatable bonds is 56. The lowest BCUT2D eigenvalue weighted by Gasteiger charge is -2.20. The molecule has 1 amide bonds. The summed E-state index contributed by atoms with van der Waals surface area (Å²) in [4.78, 5) is 24.6. The molecule has 0 saturated carbocycles. The minimum atomic E-state index is -0.858. The van der Waals surface area contributed by atoms with E-state index < -0.39 is 12.1 Å². The Hall–Kier alpha value is -1.66. The van der Waals surface area contributed by atoms with Gasteiger partial charge in [0.1, 0.15) is 0 Å². The molecule has 0 heterocycles. The van der Waals surface area contributed by atoms with Crippen molar-refractivity contribution in [3.05, 3.63) is 24.3 Å². The molecule has 396 valence electrons. The summed E-state index contributed by atoms with van der Waals surface area (Å²) in [5.74, 6) is -0.106. The van der Waals surface area contributed by atoms with Crippen LogP contribution in [0, 0.1) is 0 Å². The summed E-state index contributed by atoms with van der Waals surface area (Å²) in [6, 6.07) is -0.643. The molecule has 0 aromatic heterocycles. The molecule has 6 heteroatoms. The van der Waals surface area contributed by atoms with Crippen molar-refractivity contribution in [2.75, 3.05) is 13.2 Å². The Morgan fingerprint density at radius 3 is 1.06 bits per heavy atom. The summed E-state index contributed by atoms with van der Waals surface area (Å²) in [5, 5.41) is 23.2. The number of hydrogen-bond donors (Lipinski definition) is 3. The molecule has 0 rings (SSSR count). The van der Waals surface area contributed by atoms with Gasteiger partial charge in [-0.2, -0.15) is 0 Å². The van der Waals surface area contributed by atoms with E-state index in [0.29, 0.717) is 19.4 Å². The van der Waals surface area contributed by atoms with Gasteiger partial charge in [0.2, 0.25) is 5.91 Å². The van der Waals surface area contributed by atoms with Gasteiger partial charge in [-0.3, -0.25) is 9.59 Å². The van der Waals surface area contributed by atoms with E-state index in [9.17, 15) is 19.8 Å². The van der Waals surface area contributed by atoms with Gasteiger partial charge in [0, 0.05) is 12.8 Å². The largest absolute Gasteiger partial charge is 0.466 e. The van der Waals surface area contributed by atoms with Crippen LogP contribution in [0.5, 0.6) is 0 Å². The summed E-state index contributed by atoms with van der Waals surface area (Å²) in [7, 11) is 0. The Labute approximate surface area is 418 Å². The molecule has 0 spiro atoms. The molecule has 0 aromatic carbocycles. The quantitative estimate of drug-likeness (QED) is 0.0321. The van der Waals surface area contributed by atoms with Crippen LogP contribution in [0.1, 0.15) is 328 Å². The van der Waals surface area contributed by atoms with Gasteiger partial charge < -0.3 is 20.3 Å². The molecule has 0 aliphatic heterocycles. The molecule has 0 aliphatic carbocycles. The van der Waals surface area contributed by atoms with E-state index in [1.54, 1.807) is 6.08 Å². The highest BCUT2D eigenvalue weighted by atomic mass is 16.5. The third kappa shape index (κ3) is 53.5. The number of nitrogens with one attached hydrogen (secondary N) is 1. The summed E-state index contributed by atoms with van der Waals surface area (Å²) >= 11 is 0. The zero-order valence-corrected chi connectivity index (χ0v) is 45.1. The lowest BCUT2D eigenvalue weighted by molar-refractivity contribution is -0.143. The summed E-state index contributed by atoms with van der Waals surface area (Å²) in [6.45, 7) is 4.88. The third-order valence-corrected chi connectivity index (χ3v) is 14.0. The number of carbonyl (C=O) groups is 2. The highest BCUT2D eigenvalue weighted by Gasteiger charge is 2.18. The fraction of sp³-hybridized carbons (Fsp3) is 0.902. The first kappa shape index (κ1) is 65.3.